The molecule has 186 valence electrons. The van der Waals surface area contributed by atoms with Crippen molar-refractivity contribution < 1.29 is 19.0 Å². The second kappa shape index (κ2) is 12.0. The number of rotatable bonds is 9. The molecule has 0 bridgehead atoms. The summed E-state index contributed by atoms with van der Waals surface area (Å²) in [6.45, 7) is 0. The van der Waals surface area contributed by atoms with Crippen molar-refractivity contribution in [2.75, 3.05) is 32.4 Å². The molecule has 0 radical (unpaired) electrons. The molecule has 0 aliphatic heterocycles. The normalized spacial score (nSPS) is 10.3. The van der Waals surface area contributed by atoms with Gasteiger partial charge in [-0.15, -0.1) is 0 Å². The molecule has 1 heterocycles. The number of pyridine rings is 1. The zero-order valence-corrected chi connectivity index (χ0v) is 21.5. The Balaban J connectivity index is 1.69. The number of ether oxygens (including phenoxy) is 3. The maximum absolute atomic E-state index is 12.8. The van der Waals surface area contributed by atoms with Gasteiger partial charge in [0.15, 0.2) is 0 Å². The smallest absolute Gasteiger partial charge is 0.234 e. The van der Waals surface area contributed by atoms with E-state index in [1.807, 2.05) is 66.7 Å². The molecule has 1 aromatic heterocycles. The number of nitrogens with one attached hydrogen (secondary N) is 1. The molecule has 1 amide bonds. The van der Waals surface area contributed by atoms with Crippen LogP contribution in [0.4, 0.5) is 5.69 Å². The van der Waals surface area contributed by atoms with Crippen molar-refractivity contribution in [2.24, 2.45) is 0 Å². The van der Waals surface area contributed by atoms with Crippen LogP contribution in [0.15, 0.2) is 83.9 Å². The van der Waals surface area contributed by atoms with E-state index in [1.54, 1.807) is 33.5 Å². The summed E-state index contributed by atoms with van der Waals surface area (Å²) in [5, 5.41) is 13.4. The number of thioether (sulfide) groups is 1. The predicted octanol–water partition coefficient (Wildman–Crippen LogP) is 6.04. The Morgan fingerprint density at radius 1 is 0.892 bits per heavy atom. The maximum Gasteiger partial charge on any atom is 0.234 e. The molecule has 8 heteroatoms. The third-order valence-corrected chi connectivity index (χ3v) is 6.58. The summed E-state index contributed by atoms with van der Waals surface area (Å²) >= 11 is 1.21. The third-order valence-electron chi connectivity index (χ3n) is 5.61. The highest BCUT2D eigenvalue weighted by Crippen LogP contribution is 2.35. The molecule has 3 aromatic carbocycles. The van der Waals surface area contributed by atoms with Crippen LogP contribution in [0.3, 0.4) is 0 Å². The third kappa shape index (κ3) is 6.02. The molecule has 0 unspecified atom stereocenters. The minimum Gasteiger partial charge on any atom is -0.497 e. The molecule has 4 rings (SSSR count). The Hall–Kier alpha value is -4.48. The highest BCUT2D eigenvalue weighted by Gasteiger charge is 2.18. The van der Waals surface area contributed by atoms with Crippen molar-refractivity contribution in [2.45, 2.75) is 5.03 Å². The fraction of sp³-hybridized carbons (Fsp3) is 0.138. The summed E-state index contributed by atoms with van der Waals surface area (Å²) in [6.07, 6.45) is 0. The molecule has 1 N–H and O–H groups in total. The molecule has 0 fully saturated rings. The lowest BCUT2D eigenvalue weighted by Crippen LogP contribution is -2.15. The van der Waals surface area contributed by atoms with Crippen LogP contribution in [0, 0.1) is 11.3 Å². The van der Waals surface area contributed by atoms with Crippen LogP contribution in [0.25, 0.3) is 22.4 Å². The van der Waals surface area contributed by atoms with Gasteiger partial charge in [0.1, 0.15) is 28.3 Å². The first kappa shape index (κ1) is 25.6. The van der Waals surface area contributed by atoms with Gasteiger partial charge in [0.05, 0.1) is 44.0 Å². The second-order valence-electron chi connectivity index (χ2n) is 7.84. The van der Waals surface area contributed by atoms with E-state index in [4.69, 9.17) is 19.2 Å². The Kier molecular flexibility index (Phi) is 8.29. The van der Waals surface area contributed by atoms with E-state index in [0.717, 1.165) is 22.4 Å². The Bertz CT molecular complexity index is 1430. The number of aromatic nitrogens is 1. The van der Waals surface area contributed by atoms with Crippen molar-refractivity contribution in [3.63, 3.8) is 0 Å². The van der Waals surface area contributed by atoms with Crippen molar-refractivity contribution in [1.82, 2.24) is 4.98 Å². The second-order valence-corrected chi connectivity index (χ2v) is 8.81. The lowest BCUT2D eigenvalue weighted by atomic mass is 9.99. The number of anilines is 1. The molecule has 0 saturated heterocycles. The summed E-state index contributed by atoms with van der Waals surface area (Å²) in [4.78, 5) is 17.6. The number of carbonyl (C=O) groups is 1. The highest BCUT2D eigenvalue weighted by molar-refractivity contribution is 8.00. The molecular weight excluding hydrogens is 486 g/mol. The molecule has 0 atom stereocenters. The van der Waals surface area contributed by atoms with Crippen LogP contribution in [-0.2, 0) is 4.79 Å². The van der Waals surface area contributed by atoms with Gasteiger partial charge in [0.2, 0.25) is 5.91 Å². The first-order valence-corrected chi connectivity index (χ1v) is 12.3. The monoisotopic (exact) mass is 511 g/mol. The van der Waals surface area contributed by atoms with Crippen LogP contribution < -0.4 is 19.5 Å². The van der Waals surface area contributed by atoms with Gasteiger partial charge in [-0.1, -0.05) is 36.0 Å². The zero-order chi connectivity index (χ0) is 26.2. The topological polar surface area (TPSA) is 93.5 Å². The van der Waals surface area contributed by atoms with Gasteiger partial charge >= 0.3 is 0 Å². The summed E-state index contributed by atoms with van der Waals surface area (Å²) in [5.41, 5.74) is 4.08. The molecule has 0 aliphatic rings. The number of amides is 1. The molecular formula is C29H25N3O4S. The minimum absolute atomic E-state index is 0.0633. The van der Waals surface area contributed by atoms with Crippen LogP contribution in [0.5, 0.6) is 17.2 Å². The first-order chi connectivity index (χ1) is 18.1. The molecule has 7 nitrogen and oxygen atoms in total. The van der Waals surface area contributed by atoms with Crippen LogP contribution in [0.1, 0.15) is 5.56 Å². The summed E-state index contributed by atoms with van der Waals surface area (Å²) in [7, 11) is 4.77. The Labute approximate surface area is 220 Å². The molecule has 37 heavy (non-hydrogen) atoms. The maximum atomic E-state index is 12.8. The predicted molar refractivity (Wildman–Crippen MR) is 145 cm³/mol. The number of hydrogen-bond acceptors (Lipinski definition) is 7. The van der Waals surface area contributed by atoms with E-state index in [0.29, 0.717) is 33.5 Å². The van der Waals surface area contributed by atoms with Gasteiger partial charge in [-0.05, 0) is 60.2 Å². The van der Waals surface area contributed by atoms with Crippen LogP contribution in [-0.4, -0.2) is 38.0 Å². The van der Waals surface area contributed by atoms with Gasteiger partial charge < -0.3 is 19.5 Å². The quantitative estimate of drug-likeness (QED) is 0.274. The number of benzene rings is 3. The molecule has 0 spiro atoms. The van der Waals surface area contributed by atoms with E-state index >= 15 is 0 Å². The fourth-order valence-electron chi connectivity index (χ4n) is 3.71. The summed E-state index contributed by atoms with van der Waals surface area (Å²) in [6, 6.07) is 26.4. The van der Waals surface area contributed by atoms with Gasteiger partial charge in [-0.3, -0.25) is 4.79 Å². The lowest BCUT2D eigenvalue weighted by molar-refractivity contribution is -0.113. The highest BCUT2D eigenvalue weighted by atomic mass is 32.2. The van der Waals surface area contributed by atoms with E-state index in [2.05, 4.69) is 11.4 Å². The largest absolute Gasteiger partial charge is 0.497 e. The fourth-order valence-corrected chi connectivity index (χ4v) is 4.51. The number of nitrogens with zero attached hydrogens (tertiary/aromatic N) is 2. The average molecular weight is 512 g/mol. The summed E-state index contributed by atoms with van der Waals surface area (Å²) in [5.74, 6) is 1.85. The van der Waals surface area contributed by atoms with E-state index in [1.165, 1.54) is 11.8 Å². The number of carbonyl (C=O) groups excluding carboxylic acids is 1. The SMILES string of the molecule is COc1ccc(-c2cc(-c3ccc(OC)cc3)c(C#N)c(SCC(=O)Nc3ccccc3OC)n2)cc1. The molecule has 0 saturated carbocycles. The Morgan fingerprint density at radius 3 is 2.11 bits per heavy atom. The molecule has 4 aromatic rings. The first-order valence-electron chi connectivity index (χ1n) is 11.4. The number of hydrogen-bond donors (Lipinski definition) is 1. The molecule has 0 aliphatic carbocycles. The average Bonchev–Trinajstić information content (AvgIpc) is 2.96. The van der Waals surface area contributed by atoms with E-state index in [9.17, 15) is 10.1 Å². The van der Waals surface area contributed by atoms with E-state index < -0.39 is 0 Å². The number of para-hydroxylation sites is 2. The van der Waals surface area contributed by atoms with Gasteiger partial charge in [-0.2, -0.15) is 5.26 Å². The van der Waals surface area contributed by atoms with E-state index in [-0.39, 0.29) is 11.7 Å². The van der Waals surface area contributed by atoms with Crippen molar-refractivity contribution in [3.05, 3.63) is 84.4 Å². The van der Waals surface area contributed by atoms with Gasteiger partial charge in [0, 0.05) is 11.1 Å². The van der Waals surface area contributed by atoms with Crippen molar-refractivity contribution in [3.8, 4) is 45.7 Å². The zero-order valence-electron chi connectivity index (χ0n) is 20.6. The van der Waals surface area contributed by atoms with Crippen LogP contribution >= 0.6 is 11.8 Å². The minimum atomic E-state index is -0.235. The lowest BCUT2D eigenvalue weighted by Gasteiger charge is -2.14. The number of nitriles is 1. The Morgan fingerprint density at radius 2 is 1.51 bits per heavy atom. The van der Waals surface area contributed by atoms with Gasteiger partial charge in [0.25, 0.3) is 0 Å². The number of methoxy groups -OCH3 is 3. The summed E-state index contributed by atoms with van der Waals surface area (Å²) < 4.78 is 15.9. The van der Waals surface area contributed by atoms with Crippen molar-refractivity contribution >= 4 is 23.4 Å². The van der Waals surface area contributed by atoms with Crippen molar-refractivity contribution in [1.29, 1.82) is 5.26 Å². The standard InChI is InChI=1S/C29H25N3O4S/c1-34-21-12-8-19(9-13-21)23-16-26(20-10-14-22(35-2)15-11-20)32-29(24(23)17-30)37-18-28(33)31-25-6-4-5-7-27(25)36-3/h4-16H,18H2,1-3H3,(H,31,33). The van der Waals surface area contributed by atoms with Gasteiger partial charge in [-0.25, -0.2) is 4.98 Å². The van der Waals surface area contributed by atoms with Crippen LogP contribution in [0.2, 0.25) is 0 Å².